The topological polar surface area (TPSA) is 32.3 Å². The summed E-state index contributed by atoms with van der Waals surface area (Å²) in [7, 11) is 1.80. The number of fused-ring (bicyclic) bond motifs is 6. The van der Waals surface area contributed by atoms with Gasteiger partial charge in [-0.15, -0.1) is 0 Å². The third-order valence-electron chi connectivity index (χ3n) is 9.68. The summed E-state index contributed by atoms with van der Waals surface area (Å²) in [5.74, 6) is 0. The van der Waals surface area contributed by atoms with E-state index in [4.69, 9.17) is 9.97 Å². The maximum Gasteiger partial charge on any atom is 0.125 e. The van der Waals surface area contributed by atoms with E-state index in [-0.39, 0.29) is 0 Å². The number of nitrogens with zero attached hydrogens (tertiary/aromatic N) is 4. The largest absolute Gasteiger partial charge is 0.341 e. The molecule has 0 N–H and O–H groups in total. The lowest BCUT2D eigenvalue weighted by atomic mass is 10.1. The van der Waals surface area contributed by atoms with Crippen molar-refractivity contribution >= 4 is 81.0 Å². The fourth-order valence-corrected chi connectivity index (χ4v) is 13.4. The molecule has 1 aliphatic rings. The molecule has 0 fully saturated rings. The Balaban J connectivity index is 1.68. The van der Waals surface area contributed by atoms with Crippen LogP contribution in [-0.2, 0) is 0 Å². The molecule has 2 aromatic heterocycles. The number of aromatic nitrogens is 2. The molecule has 2 atom stereocenters. The molecule has 6 aromatic rings. The highest BCUT2D eigenvalue weighted by molar-refractivity contribution is 7.90. The van der Waals surface area contributed by atoms with Crippen LogP contribution in [-0.4, -0.2) is 42.0 Å². The zero-order chi connectivity index (χ0) is 31.5. The van der Waals surface area contributed by atoms with E-state index >= 15 is 0 Å². The van der Waals surface area contributed by atoms with E-state index < -0.39 is 15.2 Å². The molecule has 226 valence electrons. The van der Waals surface area contributed by atoms with E-state index in [1.54, 1.807) is 0 Å². The molecule has 0 saturated carbocycles. The summed E-state index contributed by atoms with van der Waals surface area (Å²) in [5.41, 5.74) is 7.98. The monoisotopic (exact) mass is 627 g/mol. The van der Waals surface area contributed by atoms with Crippen LogP contribution in [0.4, 0.5) is 22.7 Å². The molecule has 0 radical (unpaired) electrons. The first-order valence-electron chi connectivity index (χ1n) is 15.8. The van der Waals surface area contributed by atoms with Gasteiger partial charge in [-0.3, -0.25) is 9.97 Å². The van der Waals surface area contributed by atoms with Gasteiger partial charge in [-0.05, 0) is 76.0 Å². The number of anilines is 4. The Morgan fingerprint density at radius 1 is 0.578 bits per heavy atom. The fourth-order valence-electron chi connectivity index (χ4n) is 7.02. The van der Waals surface area contributed by atoms with Crippen molar-refractivity contribution in [3.63, 3.8) is 0 Å². The summed E-state index contributed by atoms with van der Waals surface area (Å²) in [6, 6.07) is 36.2. The normalized spacial score (nSPS) is 18.3. The van der Waals surface area contributed by atoms with Gasteiger partial charge in [-0.2, -0.15) is 0 Å². The Morgan fingerprint density at radius 2 is 1.16 bits per heavy atom. The lowest BCUT2D eigenvalue weighted by molar-refractivity contribution is 1.09. The van der Waals surface area contributed by atoms with Crippen molar-refractivity contribution in [2.75, 3.05) is 30.6 Å². The van der Waals surface area contributed by atoms with E-state index in [1.807, 2.05) is 24.5 Å². The molecule has 0 amide bonds. The van der Waals surface area contributed by atoms with Crippen LogP contribution in [0, 0.1) is 0 Å². The second-order valence-electron chi connectivity index (χ2n) is 12.8. The van der Waals surface area contributed by atoms with E-state index in [1.165, 1.54) is 44.0 Å². The first-order valence-corrected chi connectivity index (χ1v) is 19.5. The van der Waals surface area contributed by atoms with Crippen LogP contribution in [0.15, 0.2) is 109 Å². The number of hydrogen-bond acceptors (Lipinski definition) is 4. The van der Waals surface area contributed by atoms with Gasteiger partial charge in [0.05, 0.1) is 42.0 Å². The predicted octanol–water partition coefficient (Wildman–Crippen LogP) is 8.48. The van der Waals surface area contributed by atoms with Gasteiger partial charge in [-0.25, -0.2) is 0 Å². The van der Waals surface area contributed by atoms with Gasteiger partial charge in [0.15, 0.2) is 0 Å². The Kier molecular flexibility index (Phi) is 7.63. The molecular weight excluding hydrogens is 586 g/mol. The molecule has 0 bridgehead atoms. The SMILES string of the molecule is CC(C)P1c2ccccc2N(C)c2ccccc2[P+](C)(C(C)C)c2cc3ncccc3cc2N(C)c2cc3cccnc3cc21. The van der Waals surface area contributed by atoms with Gasteiger partial charge >= 0.3 is 0 Å². The van der Waals surface area contributed by atoms with Crippen molar-refractivity contribution < 1.29 is 0 Å². The van der Waals surface area contributed by atoms with Gasteiger partial charge in [0.1, 0.15) is 10.6 Å². The van der Waals surface area contributed by atoms with Gasteiger partial charge < -0.3 is 9.80 Å². The molecule has 4 aromatic carbocycles. The van der Waals surface area contributed by atoms with Crippen molar-refractivity contribution in [2.24, 2.45) is 0 Å². The van der Waals surface area contributed by atoms with E-state index in [2.05, 4.69) is 143 Å². The Morgan fingerprint density at radius 3 is 1.82 bits per heavy atom. The van der Waals surface area contributed by atoms with Gasteiger partial charge in [-0.1, -0.05) is 56.3 Å². The van der Waals surface area contributed by atoms with Crippen molar-refractivity contribution in [3.05, 3.63) is 109 Å². The van der Waals surface area contributed by atoms with Gasteiger partial charge in [0.2, 0.25) is 0 Å². The molecule has 45 heavy (non-hydrogen) atoms. The Bertz CT molecular complexity index is 2060. The number of hydrogen-bond donors (Lipinski definition) is 0. The Labute approximate surface area is 269 Å². The smallest absolute Gasteiger partial charge is 0.125 e. The average Bonchev–Trinajstić information content (AvgIpc) is 3.06. The molecule has 2 unspecified atom stereocenters. The van der Waals surface area contributed by atoms with Crippen molar-refractivity contribution in [2.45, 2.75) is 39.0 Å². The second kappa shape index (κ2) is 11.5. The quantitative estimate of drug-likeness (QED) is 0.180. The zero-order valence-corrected chi connectivity index (χ0v) is 29.0. The lowest BCUT2D eigenvalue weighted by Gasteiger charge is -2.38. The fraction of sp³-hybridized carbons (Fsp3) is 0.231. The highest BCUT2D eigenvalue weighted by atomic mass is 31.2. The summed E-state index contributed by atoms with van der Waals surface area (Å²) >= 11 is 0. The molecule has 1 aliphatic heterocycles. The van der Waals surface area contributed by atoms with Crippen LogP contribution in [0.2, 0.25) is 0 Å². The zero-order valence-electron chi connectivity index (χ0n) is 27.2. The van der Waals surface area contributed by atoms with Crippen LogP contribution in [0.1, 0.15) is 27.7 Å². The van der Waals surface area contributed by atoms with Gasteiger partial charge in [0.25, 0.3) is 0 Å². The molecular formula is C39H41N4P2+. The lowest BCUT2D eigenvalue weighted by Crippen LogP contribution is -2.36. The maximum atomic E-state index is 4.87. The van der Waals surface area contributed by atoms with Crippen LogP contribution < -0.4 is 31.0 Å². The summed E-state index contributed by atoms with van der Waals surface area (Å²) in [6.07, 6.45) is 3.83. The molecule has 3 heterocycles. The van der Waals surface area contributed by atoms with E-state index in [0.717, 1.165) is 21.8 Å². The molecule has 0 aliphatic carbocycles. The van der Waals surface area contributed by atoms with E-state index in [0.29, 0.717) is 11.3 Å². The average molecular weight is 628 g/mol. The highest BCUT2D eigenvalue weighted by Crippen LogP contribution is 2.61. The van der Waals surface area contributed by atoms with Crippen LogP contribution in [0.3, 0.4) is 0 Å². The number of pyridine rings is 2. The molecule has 4 nitrogen and oxygen atoms in total. The minimum atomic E-state index is -1.98. The number of benzene rings is 4. The Hall–Kier alpha value is -3.84. The van der Waals surface area contributed by atoms with Crippen molar-refractivity contribution in [1.29, 1.82) is 0 Å². The first-order chi connectivity index (χ1) is 21.7. The first kappa shape index (κ1) is 29.8. The van der Waals surface area contributed by atoms with Crippen molar-refractivity contribution in [3.8, 4) is 0 Å². The third kappa shape index (κ3) is 4.82. The van der Waals surface area contributed by atoms with Crippen LogP contribution in [0.5, 0.6) is 0 Å². The summed E-state index contributed by atoms with van der Waals surface area (Å²) in [6.45, 7) is 12.1. The molecule has 7 rings (SSSR count). The van der Waals surface area contributed by atoms with Crippen LogP contribution in [0.25, 0.3) is 21.8 Å². The minimum absolute atomic E-state index is 0.409. The minimum Gasteiger partial charge on any atom is -0.341 e. The molecule has 0 spiro atoms. The number of rotatable bonds is 2. The maximum absolute atomic E-state index is 4.87. The summed E-state index contributed by atoms with van der Waals surface area (Å²) in [5, 5.41) is 7.92. The van der Waals surface area contributed by atoms with E-state index in [9.17, 15) is 0 Å². The third-order valence-corrected chi connectivity index (χ3v) is 17.3. The molecule has 0 saturated heterocycles. The van der Waals surface area contributed by atoms with Gasteiger partial charge in [0, 0.05) is 65.3 Å². The standard InChI is InChI=1S/C39H41N4P2/c1-26(2)44-36-18-10-8-16-32(36)42(5)33-17-9-11-19-38(33)45(7,27(3)4)39-25-31-29(15-13-21-41-31)23-35(39)43(6)34-22-28-14-12-20-40-30(28)24-37(34)44/h8-27H,1-7H3/q+1. The molecule has 6 heteroatoms. The summed E-state index contributed by atoms with van der Waals surface area (Å²) in [4.78, 5) is 14.7. The van der Waals surface area contributed by atoms with Crippen LogP contribution >= 0.6 is 15.2 Å². The number of para-hydroxylation sites is 2. The predicted molar refractivity (Wildman–Crippen MR) is 201 cm³/mol. The second-order valence-corrected chi connectivity index (χ2v) is 19.7. The summed E-state index contributed by atoms with van der Waals surface area (Å²) < 4.78 is 0. The van der Waals surface area contributed by atoms with Crippen molar-refractivity contribution in [1.82, 2.24) is 9.97 Å². The highest BCUT2D eigenvalue weighted by Gasteiger charge is 2.46.